The van der Waals surface area contributed by atoms with Crippen molar-refractivity contribution in [2.75, 3.05) is 0 Å². The average Bonchev–Trinajstić information content (AvgIpc) is 2.66. The maximum Gasteiger partial charge on any atom is 0.310 e. The molecule has 0 saturated heterocycles. The van der Waals surface area contributed by atoms with Crippen LogP contribution in [0.25, 0.3) is 0 Å². The van der Waals surface area contributed by atoms with Gasteiger partial charge in [0.05, 0.1) is 11.5 Å². The molecule has 0 aromatic heterocycles. The molecule has 5 aliphatic carbocycles. The van der Waals surface area contributed by atoms with Gasteiger partial charge in [0, 0.05) is 0 Å². The largest absolute Gasteiger partial charge is 0.481 e. The van der Waals surface area contributed by atoms with E-state index in [-0.39, 0.29) is 39.1 Å². The summed E-state index contributed by atoms with van der Waals surface area (Å²) < 4.78 is 0. The molecule has 5 rings (SSSR count). The van der Waals surface area contributed by atoms with Gasteiger partial charge in [-0.2, -0.15) is 0 Å². The molecule has 0 aromatic rings. The number of carbonyl (C=O) groups is 1. The summed E-state index contributed by atoms with van der Waals surface area (Å²) in [5, 5.41) is 21.4. The second kappa shape index (κ2) is 6.89. The molecule has 3 heteroatoms. The minimum absolute atomic E-state index is 0.0630. The fourth-order valence-corrected chi connectivity index (χ4v) is 10.9. The van der Waals surface area contributed by atoms with Crippen LogP contribution in [0.1, 0.15) is 113 Å². The van der Waals surface area contributed by atoms with Crippen molar-refractivity contribution in [2.45, 2.75) is 119 Å². The summed E-state index contributed by atoms with van der Waals surface area (Å²) in [6.45, 7) is 17.0. The SMILES string of the molecule is CC1(C)CCC2(C(=O)O)CC[C@]3(C)C(=CCC4C5(C)C[C@@H](O)CC(C)(C)C5CCC43C)C2C1. The number of allylic oxidation sites excluding steroid dienone is 2. The quantitative estimate of drug-likeness (QED) is 0.409. The topological polar surface area (TPSA) is 57.5 Å². The average molecular weight is 457 g/mol. The second-order valence-corrected chi connectivity index (χ2v) is 15.2. The van der Waals surface area contributed by atoms with Crippen LogP contribution in [0, 0.1) is 50.2 Å². The van der Waals surface area contributed by atoms with E-state index in [2.05, 4.69) is 54.5 Å². The van der Waals surface area contributed by atoms with Crippen LogP contribution >= 0.6 is 0 Å². The zero-order chi connectivity index (χ0) is 24.2. The van der Waals surface area contributed by atoms with Crippen molar-refractivity contribution in [1.82, 2.24) is 0 Å². The van der Waals surface area contributed by atoms with E-state index in [0.717, 1.165) is 51.4 Å². The summed E-state index contributed by atoms with van der Waals surface area (Å²) in [7, 11) is 0. The highest BCUT2D eigenvalue weighted by Crippen LogP contribution is 2.75. The molecule has 0 aromatic carbocycles. The summed E-state index contributed by atoms with van der Waals surface area (Å²) in [6.07, 6.45) is 12.4. The van der Waals surface area contributed by atoms with Gasteiger partial charge in [0.15, 0.2) is 0 Å². The molecular weight excluding hydrogens is 408 g/mol. The molecule has 0 heterocycles. The Morgan fingerprint density at radius 2 is 1.55 bits per heavy atom. The van der Waals surface area contributed by atoms with Gasteiger partial charge in [-0.1, -0.05) is 60.1 Å². The first kappa shape index (κ1) is 23.9. The molecule has 3 nitrogen and oxygen atoms in total. The normalized spacial score (nSPS) is 52.4. The number of carboxylic acid groups (broad SMARTS) is 1. The van der Waals surface area contributed by atoms with Crippen molar-refractivity contribution in [1.29, 1.82) is 0 Å². The van der Waals surface area contributed by atoms with Crippen molar-refractivity contribution < 1.29 is 15.0 Å². The molecule has 5 aliphatic rings. The van der Waals surface area contributed by atoms with Crippen LogP contribution < -0.4 is 0 Å². The van der Waals surface area contributed by atoms with Gasteiger partial charge in [-0.3, -0.25) is 4.79 Å². The maximum absolute atomic E-state index is 12.8. The van der Waals surface area contributed by atoms with Crippen LogP contribution in [0.4, 0.5) is 0 Å². The highest BCUT2D eigenvalue weighted by atomic mass is 16.4. The molecule has 0 spiro atoms. The van der Waals surface area contributed by atoms with Crippen molar-refractivity contribution >= 4 is 5.97 Å². The Hall–Kier alpha value is -0.830. The van der Waals surface area contributed by atoms with E-state index >= 15 is 0 Å². The molecule has 33 heavy (non-hydrogen) atoms. The molecular formula is C30H48O3. The van der Waals surface area contributed by atoms with E-state index < -0.39 is 11.4 Å². The highest BCUT2D eigenvalue weighted by molar-refractivity contribution is 5.76. The van der Waals surface area contributed by atoms with Gasteiger partial charge in [0.2, 0.25) is 0 Å². The van der Waals surface area contributed by atoms with E-state index in [1.54, 1.807) is 0 Å². The van der Waals surface area contributed by atoms with E-state index in [1.165, 1.54) is 18.4 Å². The lowest BCUT2D eigenvalue weighted by atomic mass is 9.33. The Kier molecular flexibility index (Phi) is 4.99. The van der Waals surface area contributed by atoms with Gasteiger partial charge >= 0.3 is 5.97 Å². The van der Waals surface area contributed by atoms with Crippen molar-refractivity contribution in [3.05, 3.63) is 11.6 Å². The Bertz CT molecular complexity index is 885. The molecule has 4 fully saturated rings. The molecule has 0 aliphatic heterocycles. The number of aliphatic hydroxyl groups excluding tert-OH is 1. The number of rotatable bonds is 1. The van der Waals surface area contributed by atoms with E-state index in [9.17, 15) is 15.0 Å². The molecule has 8 atom stereocenters. The smallest absolute Gasteiger partial charge is 0.310 e. The van der Waals surface area contributed by atoms with Gasteiger partial charge in [-0.25, -0.2) is 0 Å². The summed E-state index contributed by atoms with van der Waals surface area (Å²) in [4.78, 5) is 12.8. The summed E-state index contributed by atoms with van der Waals surface area (Å²) in [5.74, 6) is 0.834. The van der Waals surface area contributed by atoms with E-state index in [0.29, 0.717) is 11.8 Å². The lowest BCUT2D eigenvalue weighted by molar-refractivity contribution is -0.200. The first-order chi connectivity index (χ1) is 15.1. The number of carboxylic acids is 1. The van der Waals surface area contributed by atoms with Crippen LogP contribution in [0.3, 0.4) is 0 Å². The molecule has 0 radical (unpaired) electrons. The molecule has 2 N–H and O–H groups in total. The Morgan fingerprint density at radius 1 is 0.879 bits per heavy atom. The minimum atomic E-state index is -0.561. The zero-order valence-electron chi connectivity index (χ0n) is 22.3. The van der Waals surface area contributed by atoms with E-state index in [1.807, 2.05) is 0 Å². The van der Waals surface area contributed by atoms with Gasteiger partial charge in [0.25, 0.3) is 0 Å². The summed E-state index contributed by atoms with van der Waals surface area (Å²) >= 11 is 0. The third-order valence-corrected chi connectivity index (χ3v) is 12.7. The number of hydrogen-bond donors (Lipinski definition) is 2. The standard InChI is InChI=1S/C30H48O3/c1-25(2)12-14-30(24(32)33)15-13-28(6)20(21(30)18-25)8-9-23-27(5)17-19(31)16-26(3,4)22(27)10-11-29(23,28)7/h8,19,21-23,31H,9-18H2,1-7H3,(H,32,33)/t19-,21?,22?,23?,27?,28+,29?,30?/m0/s1. The van der Waals surface area contributed by atoms with Crippen LogP contribution in [-0.2, 0) is 4.79 Å². The van der Waals surface area contributed by atoms with Gasteiger partial charge < -0.3 is 10.2 Å². The van der Waals surface area contributed by atoms with Crippen molar-refractivity contribution in [3.8, 4) is 0 Å². The van der Waals surface area contributed by atoms with Crippen molar-refractivity contribution in [3.63, 3.8) is 0 Å². The van der Waals surface area contributed by atoms with Crippen molar-refractivity contribution in [2.24, 2.45) is 50.2 Å². The Labute approximate surface area is 201 Å². The third kappa shape index (κ3) is 2.99. The monoisotopic (exact) mass is 456 g/mol. The molecule has 186 valence electrons. The number of hydrogen-bond acceptors (Lipinski definition) is 2. The van der Waals surface area contributed by atoms with Gasteiger partial charge in [-0.15, -0.1) is 0 Å². The van der Waals surface area contributed by atoms with Crippen LogP contribution in [0.15, 0.2) is 11.6 Å². The number of aliphatic hydroxyl groups is 1. The number of aliphatic carboxylic acids is 1. The Morgan fingerprint density at radius 3 is 2.21 bits per heavy atom. The van der Waals surface area contributed by atoms with Crippen LogP contribution in [-0.4, -0.2) is 22.3 Å². The van der Waals surface area contributed by atoms with Gasteiger partial charge in [0.1, 0.15) is 0 Å². The van der Waals surface area contributed by atoms with Gasteiger partial charge in [-0.05, 0) is 109 Å². The minimum Gasteiger partial charge on any atom is -0.481 e. The predicted molar refractivity (Wildman–Crippen MR) is 133 cm³/mol. The second-order valence-electron chi connectivity index (χ2n) is 15.2. The summed E-state index contributed by atoms with van der Waals surface area (Å²) in [5.41, 5.74) is 1.70. The molecule has 0 bridgehead atoms. The van der Waals surface area contributed by atoms with Crippen LogP contribution in [0.2, 0.25) is 0 Å². The molecule has 6 unspecified atom stereocenters. The lowest BCUT2D eigenvalue weighted by Gasteiger charge is -2.71. The third-order valence-electron chi connectivity index (χ3n) is 12.7. The first-order valence-electron chi connectivity index (χ1n) is 13.7. The Balaban J connectivity index is 1.61. The predicted octanol–water partition coefficient (Wildman–Crippen LogP) is 7.23. The molecule has 4 saturated carbocycles. The maximum atomic E-state index is 12.8. The van der Waals surface area contributed by atoms with Crippen LogP contribution in [0.5, 0.6) is 0 Å². The zero-order valence-corrected chi connectivity index (χ0v) is 22.3. The van der Waals surface area contributed by atoms with E-state index in [4.69, 9.17) is 0 Å². The number of fused-ring (bicyclic) bond motifs is 7. The first-order valence-corrected chi connectivity index (χ1v) is 13.7. The lowest BCUT2D eigenvalue weighted by Crippen LogP contribution is -2.64. The fourth-order valence-electron chi connectivity index (χ4n) is 10.9. The molecule has 0 amide bonds. The summed E-state index contributed by atoms with van der Waals surface area (Å²) in [6, 6.07) is 0. The highest BCUT2D eigenvalue weighted by Gasteiger charge is 2.69. The fraction of sp³-hybridized carbons (Fsp3) is 0.900.